The SMILES string of the molecule is CCC(C)NC(=O)c1cccc(CNC(=O)c2cccc(S(=O)(=O)N3CCCCC3)c2)c1. The molecule has 1 atom stereocenters. The van der Waals surface area contributed by atoms with Gasteiger partial charge in [0.2, 0.25) is 10.0 Å². The molecule has 0 radical (unpaired) electrons. The number of carbonyl (C=O) groups excluding carboxylic acids is 2. The Morgan fingerprint density at radius 2 is 1.62 bits per heavy atom. The van der Waals surface area contributed by atoms with Crippen molar-refractivity contribution in [2.75, 3.05) is 13.1 Å². The molecule has 2 N–H and O–H groups in total. The Morgan fingerprint density at radius 1 is 0.969 bits per heavy atom. The van der Waals surface area contributed by atoms with Gasteiger partial charge in [-0.1, -0.05) is 31.5 Å². The zero-order valence-corrected chi connectivity index (χ0v) is 19.5. The summed E-state index contributed by atoms with van der Waals surface area (Å²) in [4.78, 5) is 25.1. The van der Waals surface area contributed by atoms with Gasteiger partial charge in [0.15, 0.2) is 0 Å². The zero-order valence-electron chi connectivity index (χ0n) is 18.6. The molecule has 1 heterocycles. The second kappa shape index (κ2) is 10.7. The molecule has 0 aliphatic carbocycles. The molecule has 1 unspecified atom stereocenters. The van der Waals surface area contributed by atoms with Gasteiger partial charge < -0.3 is 10.6 Å². The lowest BCUT2D eigenvalue weighted by atomic mass is 10.1. The van der Waals surface area contributed by atoms with E-state index in [1.807, 2.05) is 19.9 Å². The summed E-state index contributed by atoms with van der Waals surface area (Å²) in [6.07, 6.45) is 3.59. The number of hydrogen-bond donors (Lipinski definition) is 2. The Labute approximate surface area is 190 Å². The first-order chi connectivity index (χ1) is 15.3. The fourth-order valence-corrected chi connectivity index (χ4v) is 5.13. The molecule has 0 spiro atoms. The summed E-state index contributed by atoms with van der Waals surface area (Å²) in [5.41, 5.74) is 1.60. The molecule has 1 aliphatic rings. The summed E-state index contributed by atoms with van der Waals surface area (Å²) < 4.78 is 27.3. The quantitative estimate of drug-likeness (QED) is 0.636. The van der Waals surface area contributed by atoms with Crippen LogP contribution in [0.3, 0.4) is 0 Å². The van der Waals surface area contributed by atoms with Crippen molar-refractivity contribution >= 4 is 21.8 Å². The van der Waals surface area contributed by atoms with Gasteiger partial charge in [-0.05, 0) is 62.1 Å². The summed E-state index contributed by atoms with van der Waals surface area (Å²) in [5.74, 6) is -0.515. The number of sulfonamides is 1. The molecule has 2 aromatic carbocycles. The molecular formula is C24H31N3O4S. The van der Waals surface area contributed by atoms with Crippen molar-refractivity contribution in [3.05, 3.63) is 65.2 Å². The van der Waals surface area contributed by atoms with Crippen molar-refractivity contribution in [3.8, 4) is 0 Å². The molecule has 8 heteroatoms. The van der Waals surface area contributed by atoms with E-state index in [2.05, 4.69) is 10.6 Å². The third kappa shape index (κ3) is 5.95. The van der Waals surface area contributed by atoms with E-state index in [4.69, 9.17) is 0 Å². The predicted molar refractivity (Wildman–Crippen MR) is 124 cm³/mol. The minimum absolute atomic E-state index is 0.0827. The molecular weight excluding hydrogens is 426 g/mol. The van der Waals surface area contributed by atoms with E-state index < -0.39 is 10.0 Å². The number of benzene rings is 2. The van der Waals surface area contributed by atoms with Gasteiger partial charge in [-0.25, -0.2) is 8.42 Å². The number of nitrogens with one attached hydrogen (secondary N) is 2. The van der Waals surface area contributed by atoms with Crippen LogP contribution in [0.4, 0.5) is 0 Å². The average Bonchev–Trinajstić information content (AvgIpc) is 2.83. The van der Waals surface area contributed by atoms with Crippen LogP contribution < -0.4 is 10.6 Å². The van der Waals surface area contributed by atoms with Crippen LogP contribution in [0.25, 0.3) is 0 Å². The number of hydrogen-bond acceptors (Lipinski definition) is 4. The Balaban J connectivity index is 1.66. The zero-order chi connectivity index (χ0) is 23.1. The van der Waals surface area contributed by atoms with Crippen molar-refractivity contribution in [1.82, 2.24) is 14.9 Å². The van der Waals surface area contributed by atoms with Crippen LogP contribution >= 0.6 is 0 Å². The highest BCUT2D eigenvalue weighted by Gasteiger charge is 2.26. The molecule has 172 valence electrons. The van der Waals surface area contributed by atoms with Gasteiger partial charge >= 0.3 is 0 Å². The fraction of sp³-hybridized carbons (Fsp3) is 0.417. The molecule has 0 saturated carbocycles. The van der Waals surface area contributed by atoms with E-state index in [9.17, 15) is 18.0 Å². The number of nitrogens with zero attached hydrogens (tertiary/aromatic N) is 1. The number of piperidine rings is 1. The molecule has 1 fully saturated rings. The van der Waals surface area contributed by atoms with Gasteiger partial charge in [0.05, 0.1) is 4.90 Å². The van der Waals surface area contributed by atoms with Crippen molar-refractivity contribution in [2.45, 2.75) is 57.0 Å². The highest BCUT2D eigenvalue weighted by Crippen LogP contribution is 2.21. The van der Waals surface area contributed by atoms with Gasteiger partial charge in [0, 0.05) is 36.8 Å². The normalized spacial score (nSPS) is 15.7. The monoisotopic (exact) mass is 457 g/mol. The smallest absolute Gasteiger partial charge is 0.251 e. The third-order valence-corrected chi connectivity index (χ3v) is 7.58. The van der Waals surface area contributed by atoms with Crippen molar-refractivity contribution in [3.63, 3.8) is 0 Å². The molecule has 7 nitrogen and oxygen atoms in total. The number of rotatable bonds is 8. The maximum Gasteiger partial charge on any atom is 0.251 e. The fourth-order valence-electron chi connectivity index (χ4n) is 3.57. The van der Waals surface area contributed by atoms with Gasteiger partial charge in [-0.3, -0.25) is 9.59 Å². The second-order valence-corrected chi connectivity index (χ2v) is 10.1. The standard InChI is InChI=1S/C24H31N3O4S/c1-3-18(2)26-24(29)20-10-7-9-19(15-20)17-25-23(28)21-11-8-12-22(16-21)32(30,31)27-13-5-4-6-14-27/h7-12,15-16,18H,3-6,13-14,17H2,1-2H3,(H,25,28)(H,26,29). The molecule has 3 rings (SSSR count). The third-order valence-electron chi connectivity index (χ3n) is 5.68. The topological polar surface area (TPSA) is 95.6 Å². The Bertz CT molecular complexity index is 1060. The summed E-state index contributed by atoms with van der Waals surface area (Å²) in [5, 5.41) is 5.74. The largest absolute Gasteiger partial charge is 0.350 e. The van der Waals surface area contributed by atoms with Crippen LogP contribution in [0.2, 0.25) is 0 Å². The first kappa shape index (κ1) is 23.9. The Hall–Kier alpha value is -2.71. The lowest BCUT2D eigenvalue weighted by molar-refractivity contribution is 0.0936. The van der Waals surface area contributed by atoms with E-state index in [0.717, 1.165) is 31.2 Å². The molecule has 2 amide bonds. The van der Waals surface area contributed by atoms with Crippen LogP contribution in [0, 0.1) is 0 Å². The Kier molecular flexibility index (Phi) is 8.04. The highest BCUT2D eigenvalue weighted by molar-refractivity contribution is 7.89. The first-order valence-corrected chi connectivity index (χ1v) is 12.5. The second-order valence-electron chi connectivity index (χ2n) is 8.16. The summed E-state index contributed by atoms with van der Waals surface area (Å²) >= 11 is 0. The van der Waals surface area contributed by atoms with Gasteiger partial charge in [0.1, 0.15) is 0 Å². The van der Waals surface area contributed by atoms with Crippen LogP contribution in [-0.2, 0) is 16.6 Å². The summed E-state index contributed by atoms with van der Waals surface area (Å²) in [6.45, 7) is 5.21. The molecule has 1 aliphatic heterocycles. The number of carbonyl (C=O) groups is 2. The van der Waals surface area contributed by atoms with Gasteiger partial charge in [-0.2, -0.15) is 4.31 Å². The summed E-state index contributed by atoms with van der Waals surface area (Å²) in [7, 11) is -3.60. The minimum Gasteiger partial charge on any atom is -0.350 e. The molecule has 2 aromatic rings. The van der Waals surface area contributed by atoms with E-state index in [1.165, 1.54) is 16.4 Å². The molecule has 1 saturated heterocycles. The first-order valence-electron chi connectivity index (χ1n) is 11.1. The highest BCUT2D eigenvalue weighted by atomic mass is 32.2. The minimum atomic E-state index is -3.60. The summed E-state index contributed by atoms with van der Waals surface area (Å²) in [6, 6.07) is 13.3. The number of amides is 2. The predicted octanol–water partition coefficient (Wildman–Crippen LogP) is 3.32. The molecule has 32 heavy (non-hydrogen) atoms. The van der Waals surface area contributed by atoms with Crippen LogP contribution in [0.1, 0.15) is 65.8 Å². The van der Waals surface area contributed by atoms with Crippen LogP contribution in [0.5, 0.6) is 0 Å². The maximum atomic E-state index is 12.9. The van der Waals surface area contributed by atoms with Crippen molar-refractivity contribution in [2.24, 2.45) is 0 Å². The van der Waals surface area contributed by atoms with Crippen molar-refractivity contribution < 1.29 is 18.0 Å². The molecule has 0 aromatic heterocycles. The van der Waals surface area contributed by atoms with E-state index >= 15 is 0 Å². The van der Waals surface area contributed by atoms with Gasteiger partial charge in [-0.15, -0.1) is 0 Å². The van der Waals surface area contributed by atoms with Gasteiger partial charge in [0.25, 0.3) is 11.8 Å². The van der Waals surface area contributed by atoms with E-state index in [0.29, 0.717) is 18.7 Å². The lowest BCUT2D eigenvalue weighted by Crippen LogP contribution is -2.35. The van der Waals surface area contributed by atoms with E-state index in [-0.39, 0.29) is 34.9 Å². The van der Waals surface area contributed by atoms with Crippen molar-refractivity contribution in [1.29, 1.82) is 0 Å². The average molecular weight is 458 g/mol. The maximum absolute atomic E-state index is 12.9. The van der Waals surface area contributed by atoms with E-state index in [1.54, 1.807) is 30.3 Å². The molecule has 0 bridgehead atoms. The van der Waals surface area contributed by atoms with Crippen LogP contribution in [-0.4, -0.2) is 43.7 Å². The Morgan fingerprint density at radius 3 is 2.31 bits per heavy atom. The van der Waals surface area contributed by atoms with Crippen LogP contribution in [0.15, 0.2) is 53.4 Å². The lowest BCUT2D eigenvalue weighted by Gasteiger charge is -2.26.